The molecule has 0 atom stereocenters. The molecule has 0 radical (unpaired) electrons. The number of unbranched alkanes of at least 4 members (excludes halogenated alkanes) is 1. The van der Waals surface area contributed by atoms with Gasteiger partial charge in [-0.25, -0.2) is 0 Å². The van der Waals surface area contributed by atoms with Crippen molar-refractivity contribution in [2.24, 2.45) is 11.8 Å². The van der Waals surface area contributed by atoms with Crippen LogP contribution in [-0.4, -0.2) is 5.11 Å². The van der Waals surface area contributed by atoms with Gasteiger partial charge in [0.05, 0.1) is 0 Å². The highest BCUT2D eigenvalue weighted by molar-refractivity contribution is 7.10. The minimum atomic E-state index is 0.436. The van der Waals surface area contributed by atoms with Gasteiger partial charge in [-0.15, -0.1) is 11.3 Å². The molecule has 1 aromatic rings. The Balaban J connectivity index is 1.57. The molecule has 0 unspecified atom stereocenters. The first-order chi connectivity index (χ1) is 8.24. The van der Waals surface area contributed by atoms with Gasteiger partial charge in [0, 0.05) is 10.3 Å². The first-order valence-corrected chi connectivity index (χ1v) is 7.88. The highest BCUT2D eigenvalue weighted by atomic mass is 32.1. The van der Waals surface area contributed by atoms with E-state index in [-0.39, 0.29) is 0 Å². The fourth-order valence-electron chi connectivity index (χ4n) is 2.85. The van der Waals surface area contributed by atoms with Crippen LogP contribution in [-0.2, 0) is 6.42 Å². The Morgan fingerprint density at radius 2 is 2.00 bits per heavy atom. The number of rotatable bonds is 5. The number of thiophene rings is 1. The van der Waals surface area contributed by atoms with Gasteiger partial charge in [0.15, 0.2) is 0 Å². The highest BCUT2D eigenvalue weighted by Crippen LogP contribution is 2.31. The van der Waals surface area contributed by atoms with Crippen LogP contribution in [0.3, 0.4) is 0 Å². The van der Waals surface area contributed by atoms with Crippen LogP contribution in [0.5, 0.6) is 5.75 Å². The SMILES string of the molecule is CC1CCC(CCCCc2cc(O)cs2)CC1. The van der Waals surface area contributed by atoms with E-state index in [2.05, 4.69) is 6.92 Å². The summed E-state index contributed by atoms with van der Waals surface area (Å²) in [6.45, 7) is 2.39. The lowest BCUT2D eigenvalue weighted by molar-refractivity contribution is 0.272. The monoisotopic (exact) mass is 252 g/mol. The second-order valence-corrected chi connectivity index (χ2v) is 6.64. The Morgan fingerprint density at radius 1 is 1.24 bits per heavy atom. The lowest BCUT2D eigenvalue weighted by Gasteiger charge is -2.25. The molecule has 2 rings (SSSR count). The van der Waals surface area contributed by atoms with E-state index in [1.54, 1.807) is 11.3 Å². The van der Waals surface area contributed by atoms with Crippen LogP contribution in [0, 0.1) is 11.8 Å². The molecule has 1 nitrogen and oxygen atoms in total. The molecule has 17 heavy (non-hydrogen) atoms. The molecular weight excluding hydrogens is 228 g/mol. The normalized spacial score (nSPS) is 25.0. The van der Waals surface area contributed by atoms with Gasteiger partial charge < -0.3 is 5.11 Å². The van der Waals surface area contributed by atoms with Crippen molar-refractivity contribution in [2.45, 2.75) is 58.3 Å². The maximum Gasteiger partial charge on any atom is 0.126 e. The van der Waals surface area contributed by atoms with E-state index in [9.17, 15) is 5.11 Å². The zero-order valence-corrected chi connectivity index (χ0v) is 11.6. The van der Waals surface area contributed by atoms with E-state index in [1.165, 1.54) is 49.8 Å². The van der Waals surface area contributed by atoms with Gasteiger partial charge in [-0.2, -0.15) is 0 Å². The summed E-state index contributed by atoms with van der Waals surface area (Å²) < 4.78 is 0. The summed E-state index contributed by atoms with van der Waals surface area (Å²) in [4.78, 5) is 1.33. The largest absolute Gasteiger partial charge is 0.507 e. The van der Waals surface area contributed by atoms with Gasteiger partial charge in [0.1, 0.15) is 5.75 Å². The van der Waals surface area contributed by atoms with Crippen molar-refractivity contribution in [1.82, 2.24) is 0 Å². The molecule has 0 aromatic carbocycles. The van der Waals surface area contributed by atoms with Gasteiger partial charge in [-0.05, 0) is 30.7 Å². The summed E-state index contributed by atoms with van der Waals surface area (Å²) >= 11 is 1.69. The average molecular weight is 252 g/mol. The fourth-order valence-corrected chi connectivity index (χ4v) is 3.64. The average Bonchev–Trinajstić information content (AvgIpc) is 2.73. The van der Waals surface area contributed by atoms with Gasteiger partial charge in [-0.3, -0.25) is 0 Å². The second kappa shape index (κ2) is 6.44. The quantitative estimate of drug-likeness (QED) is 0.732. The molecule has 1 fully saturated rings. The van der Waals surface area contributed by atoms with Crippen molar-refractivity contribution in [3.8, 4) is 5.75 Å². The van der Waals surface area contributed by atoms with E-state index in [4.69, 9.17) is 0 Å². The van der Waals surface area contributed by atoms with Gasteiger partial charge >= 0.3 is 0 Å². The lowest BCUT2D eigenvalue weighted by atomic mass is 9.80. The van der Waals surface area contributed by atoms with E-state index < -0.39 is 0 Å². The molecule has 1 saturated carbocycles. The maximum atomic E-state index is 9.25. The van der Waals surface area contributed by atoms with Gasteiger partial charge in [0.25, 0.3) is 0 Å². The second-order valence-electron chi connectivity index (χ2n) is 5.64. The fraction of sp³-hybridized carbons (Fsp3) is 0.733. The Hall–Kier alpha value is -0.500. The molecule has 96 valence electrons. The van der Waals surface area contributed by atoms with Crippen LogP contribution in [0.15, 0.2) is 11.4 Å². The Morgan fingerprint density at radius 3 is 2.65 bits per heavy atom. The van der Waals surface area contributed by atoms with E-state index in [1.807, 2.05) is 11.4 Å². The third kappa shape index (κ3) is 4.34. The van der Waals surface area contributed by atoms with E-state index >= 15 is 0 Å². The predicted molar refractivity (Wildman–Crippen MR) is 74.7 cm³/mol. The van der Waals surface area contributed by atoms with Crippen molar-refractivity contribution in [1.29, 1.82) is 0 Å². The Labute approximate surface area is 109 Å². The van der Waals surface area contributed by atoms with Crippen molar-refractivity contribution in [2.75, 3.05) is 0 Å². The molecule has 0 saturated heterocycles. The number of hydrogen-bond acceptors (Lipinski definition) is 2. The summed E-state index contributed by atoms with van der Waals surface area (Å²) in [5, 5.41) is 11.1. The molecular formula is C15H24OS. The molecule has 0 bridgehead atoms. The number of aryl methyl sites for hydroxylation is 1. The maximum absolute atomic E-state index is 9.25. The first-order valence-electron chi connectivity index (χ1n) is 7.00. The van der Waals surface area contributed by atoms with Crippen LogP contribution in [0.25, 0.3) is 0 Å². The highest BCUT2D eigenvalue weighted by Gasteiger charge is 2.17. The zero-order valence-electron chi connectivity index (χ0n) is 10.8. The molecule has 0 amide bonds. The molecule has 1 heterocycles. The van der Waals surface area contributed by atoms with Crippen LogP contribution >= 0.6 is 11.3 Å². The molecule has 1 aromatic heterocycles. The van der Waals surface area contributed by atoms with Crippen LogP contribution in [0.2, 0.25) is 0 Å². The summed E-state index contributed by atoms with van der Waals surface area (Å²) in [6.07, 6.45) is 11.0. The minimum Gasteiger partial charge on any atom is -0.507 e. The Kier molecular flexibility index (Phi) is 4.90. The molecule has 0 spiro atoms. The van der Waals surface area contributed by atoms with Crippen LogP contribution in [0.1, 0.15) is 56.7 Å². The topological polar surface area (TPSA) is 20.2 Å². The third-order valence-electron chi connectivity index (χ3n) is 4.06. The number of hydrogen-bond donors (Lipinski definition) is 1. The predicted octanol–water partition coefficient (Wildman–Crippen LogP) is 4.99. The van der Waals surface area contributed by atoms with Gasteiger partial charge in [-0.1, -0.05) is 45.4 Å². The molecule has 1 N–H and O–H groups in total. The van der Waals surface area contributed by atoms with Gasteiger partial charge in [0.2, 0.25) is 0 Å². The summed E-state index contributed by atoms with van der Waals surface area (Å²) in [5.41, 5.74) is 0. The molecule has 2 heteroatoms. The third-order valence-corrected chi connectivity index (χ3v) is 5.04. The van der Waals surface area contributed by atoms with Crippen LogP contribution in [0.4, 0.5) is 0 Å². The zero-order chi connectivity index (χ0) is 12.1. The molecule has 1 aliphatic rings. The smallest absolute Gasteiger partial charge is 0.126 e. The molecule has 0 aliphatic heterocycles. The number of aromatic hydroxyl groups is 1. The first kappa shape index (κ1) is 12.9. The minimum absolute atomic E-state index is 0.436. The van der Waals surface area contributed by atoms with Crippen molar-refractivity contribution < 1.29 is 5.11 Å². The molecule has 1 aliphatic carbocycles. The van der Waals surface area contributed by atoms with E-state index in [0.29, 0.717) is 5.75 Å². The Bertz CT molecular complexity index is 323. The standard InChI is InChI=1S/C15H24OS/c1-12-6-8-13(9-7-12)4-2-3-5-15-10-14(16)11-17-15/h10-13,16H,2-9H2,1H3. The van der Waals surface area contributed by atoms with Crippen molar-refractivity contribution in [3.63, 3.8) is 0 Å². The van der Waals surface area contributed by atoms with E-state index in [0.717, 1.165) is 18.3 Å². The van der Waals surface area contributed by atoms with Crippen molar-refractivity contribution in [3.05, 3.63) is 16.3 Å². The lowest BCUT2D eigenvalue weighted by Crippen LogP contribution is -2.12. The summed E-state index contributed by atoms with van der Waals surface area (Å²) in [5.74, 6) is 2.41. The van der Waals surface area contributed by atoms with Crippen LogP contribution < -0.4 is 0 Å². The summed E-state index contributed by atoms with van der Waals surface area (Å²) in [6, 6.07) is 1.91. The summed E-state index contributed by atoms with van der Waals surface area (Å²) in [7, 11) is 0. The van der Waals surface area contributed by atoms with Crippen molar-refractivity contribution >= 4 is 11.3 Å².